The van der Waals surface area contributed by atoms with Crippen LogP contribution >= 0.6 is 27.5 Å². The predicted octanol–water partition coefficient (Wildman–Crippen LogP) is 5.58. The summed E-state index contributed by atoms with van der Waals surface area (Å²) in [6.45, 7) is 3.20. The molecule has 0 aromatic heterocycles. The number of halogens is 2. The fourth-order valence-corrected chi connectivity index (χ4v) is 5.21. The van der Waals surface area contributed by atoms with Crippen LogP contribution in [0.5, 0.6) is 0 Å². The fourth-order valence-electron chi connectivity index (χ4n) is 4.33. The van der Waals surface area contributed by atoms with E-state index in [0.29, 0.717) is 6.04 Å². The smallest absolute Gasteiger partial charge is 0.0420 e. The first-order valence-electron chi connectivity index (χ1n) is 7.85. The minimum atomic E-state index is 0.444. The van der Waals surface area contributed by atoms with E-state index in [2.05, 4.69) is 40.3 Å². The number of rotatable bonds is 5. The van der Waals surface area contributed by atoms with Gasteiger partial charge < -0.3 is 5.32 Å². The monoisotopic (exact) mass is 355 g/mol. The van der Waals surface area contributed by atoms with Crippen LogP contribution in [0.1, 0.15) is 50.6 Å². The van der Waals surface area contributed by atoms with Crippen LogP contribution in [0.2, 0.25) is 5.02 Å². The number of fused-ring (bicyclic) bond motifs is 2. The van der Waals surface area contributed by atoms with E-state index in [-0.39, 0.29) is 0 Å². The molecule has 0 heterocycles. The molecule has 20 heavy (non-hydrogen) atoms. The van der Waals surface area contributed by atoms with Crippen molar-refractivity contribution in [3.05, 3.63) is 33.3 Å². The van der Waals surface area contributed by atoms with E-state index in [1.54, 1.807) is 0 Å². The van der Waals surface area contributed by atoms with Crippen LogP contribution in [0.3, 0.4) is 0 Å². The molecule has 4 atom stereocenters. The van der Waals surface area contributed by atoms with Crippen molar-refractivity contribution in [3.8, 4) is 0 Å². The summed E-state index contributed by atoms with van der Waals surface area (Å²) in [6.07, 6.45) is 7.15. The van der Waals surface area contributed by atoms with Gasteiger partial charge in [0.15, 0.2) is 0 Å². The Kier molecular flexibility index (Phi) is 4.74. The third-order valence-electron chi connectivity index (χ3n) is 5.16. The number of hydrogen-bond acceptors (Lipinski definition) is 1. The molecule has 2 fully saturated rings. The van der Waals surface area contributed by atoms with E-state index in [4.69, 9.17) is 11.6 Å². The van der Waals surface area contributed by atoms with E-state index >= 15 is 0 Å². The Hall–Kier alpha value is -0.0500. The van der Waals surface area contributed by atoms with Gasteiger partial charge >= 0.3 is 0 Å². The van der Waals surface area contributed by atoms with Crippen molar-refractivity contribution < 1.29 is 0 Å². The molecule has 2 aliphatic carbocycles. The molecular formula is C17H23BrClN. The van der Waals surface area contributed by atoms with Crippen molar-refractivity contribution in [3.63, 3.8) is 0 Å². The normalized spacial score (nSPS) is 29.9. The minimum absolute atomic E-state index is 0.444. The molecule has 0 amide bonds. The number of hydrogen-bond donors (Lipinski definition) is 1. The summed E-state index contributed by atoms with van der Waals surface area (Å²) in [7, 11) is 0. The van der Waals surface area contributed by atoms with Crippen LogP contribution < -0.4 is 5.32 Å². The predicted molar refractivity (Wildman–Crippen MR) is 89.1 cm³/mol. The van der Waals surface area contributed by atoms with Crippen LogP contribution in [0.15, 0.2) is 22.7 Å². The van der Waals surface area contributed by atoms with Gasteiger partial charge in [0.2, 0.25) is 0 Å². The molecule has 1 N–H and O–H groups in total. The van der Waals surface area contributed by atoms with Gasteiger partial charge in [0.25, 0.3) is 0 Å². The maximum Gasteiger partial charge on any atom is 0.0420 e. The van der Waals surface area contributed by atoms with Gasteiger partial charge in [-0.2, -0.15) is 0 Å². The maximum atomic E-state index is 6.22. The summed E-state index contributed by atoms with van der Waals surface area (Å²) >= 11 is 9.78. The zero-order valence-corrected chi connectivity index (χ0v) is 14.4. The largest absolute Gasteiger partial charge is 0.310 e. The average molecular weight is 357 g/mol. The zero-order chi connectivity index (χ0) is 14.1. The second kappa shape index (κ2) is 6.37. The first kappa shape index (κ1) is 14.9. The summed E-state index contributed by atoms with van der Waals surface area (Å²) in [5.74, 6) is 2.93. The van der Waals surface area contributed by atoms with Gasteiger partial charge in [-0.25, -0.2) is 0 Å². The van der Waals surface area contributed by atoms with Gasteiger partial charge in [0.05, 0.1) is 0 Å². The fraction of sp³-hybridized carbons (Fsp3) is 0.647. The molecule has 2 aliphatic rings. The molecule has 1 aromatic rings. The molecule has 110 valence electrons. The Morgan fingerprint density at radius 1 is 1.30 bits per heavy atom. The summed E-state index contributed by atoms with van der Waals surface area (Å²) in [4.78, 5) is 0. The van der Waals surface area contributed by atoms with Crippen molar-refractivity contribution in [2.45, 2.75) is 45.1 Å². The second-order valence-electron chi connectivity index (χ2n) is 6.48. The maximum absolute atomic E-state index is 6.22. The molecule has 0 aliphatic heterocycles. The molecule has 2 bridgehead atoms. The van der Waals surface area contributed by atoms with Gasteiger partial charge in [-0.3, -0.25) is 0 Å². The molecule has 3 heteroatoms. The van der Waals surface area contributed by atoms with E-state index in [0.717, 1.165) is 33.8 Å². The van der Waals surface area contributed by atoms with E-state index in [1.165, 1.54) is 37.7 Å². The van der Waals surface area contributed by atoms with Crippen LogP contribution in [0, 0.1) is 17.8 Å². The Bertz CT molecular complexity index is 456. The van der Waals surface area contributed by atoms with Crippen molar-refractivity contribution in [2.75, 3.05) is 6.54 Å². The molecule has 0 radical (unpaired) electrons. The Morgan fingerprint density at radius 3 is 2.75 bits per heavy atom. The van der Waals surface area contributed by atoms with E-state index in [1.807, 2.05) is 6.07 Å². The third-order valence-corrected chi connectivity index (χ3v) is 5.84. The molecular weight excluding hydrogens is 334 g/mol. The molecule has 3 rings (SSSR count). The van der Waals surface area contributed by atoms with Gasteiger partial charge in [0.1, 0.15) is 0 Å². The van der Waals surface area contributed by atoms with Crippen molar-refractivity contribution in [1.82, 2.24) is 5.32 Å². The molecule has 1 aromatic carbocycles. The van der Waals surface area contributed by atoms with Crippen molar-refractivity contribution in [2.24, 2.45) is 17.8 Å². The van der Waals surface area contributed by atoms with Gasteiger partial charge in [-0.1, -0.05) is 40.9 Å². The molecule has 2 saturated carbocycles. The van der Waals surface area contributed by atoms with Gasteiger partial charge in [-0.05, 0) is 73.7 Å². The highest BCUT2D eigenvalue weighted by Gasteiger charge is 2.40. The minimum Gasteiger partial charge on any atom is -0.310 e. The van der Waals surface area contributed by atoms with E-state index < -0.39 is 0 Å². The van der Waals surface area contributed by atoms with Crippen LogP contribution in [-0.4, -0.2) is 6.54 Å². The quantitative estimate of drug-likeness (QED) is 0.726. The van der Waals surface area contributed by atoms with Crippen LogP contribution in [0.4, 0.5) is 0 Å². The van der Waals surface area contributed by atoms with Crippen molar-refractivity contribution in [1.29, 1.82) is 0 Å². The lowest BCUT2D eigenvalue weighted by molar-refractivity contribution is 0.280. The van der Waals surface area contributed by atoms with E-state index in [9.17, 15) is 0 Å². The number of nitrogens with one attached hydrogen (secondary N) is 1. The van der Waals surface area contributed by atoms with Crippen LogP contribution in [0.25, 0.3) is 0 Å². The lowest BCUT2D eigenvalue weighted by Crippen LogP contribution is -2.25. The highest BCUT2D eigenvalue weighted by atomic mass is 79.9. The summed E-state index contributed by atoms with van der Waals surface area (Å²) < 4.78 is 1.08. The molecule has 1 nitrogen and oxygen atoms in total. The first-order valence-corrected chi connectivity index (χ1v) is 9.02. The number of benzene rings is 1. The average Bonchev–Trinajstić information content (AvgIpc) is 2.99. The second-order valence-corrected chi connectivity index (χ2v) is 7.84. The van der Waals surface area contributed by atoms with Crippen molar-refractivity contribution >= 4 is 27.5 Å². The highest BCUT2D eigenvalue weighted by molar-refractivity contribution is 9.10. The standard InChI is InChI=1S/C17H23BrClN/c1-2-20-17(14-7-15(18)10-16(19)8-14)9-13-6-11-3-4-12(13)5-11/h7-8,10-13,17,20H,2-6,9H2,1H3. The zero-order valence-electron chi connectivity index (χ0n) is 12.0. The lowest BCUT2D eigenvalue weighted by atomic mass is 9.83. The topological polar surface area (TPSA) is 12.0 Å². The molecule has 4 unspecified atom stereocenters. The molecule has 0 spiro atoms. The Balaban J connectivity index is 1.74. The summed E-state index contributed by atoms with van der Waals surface area (Å²) in [5, 5.41) is 4.48. The Morgan fingerprint density at radius 2 is 2.15 bits per heavy atom. The molecule has 0 saturated heterocycles. The summed E-state index contributed by atoms with van der Waals surface area (Å²) in [6, 6.07) is 6.74. The third kappa shape index (κ3) is 3.23. The van der Waals surface area contributed by atoms with Gasteiger partial charge in [0, 0.05) is 15.5 Å². The Labute approximate surface area is 135 Å². The lowest BCUT2D eigenvalue weighted by Gasteiger charge is -2.27. The van der Waals surface area contributed by atoms with Gasteiger partial charge in [-0.15, -0.1) is 0 Å². The SMILES string of the molecule is CCNC(CC1CC2CCC1C2)c1cc(Cl)cc(Br)c1. The first-order chi connectivity index (χ1) is 9.65. The summed E-state index contributed by atoms with van der Waals surface area (Å²) in [5.41, 5.74) is 1.33. The van der Waals surface area contributed by atoms with Crippen LogP contribution in [-0.2, 0) is 0 Å². The highest BCUT2D eigenvalue weighted by Crippen LogP contribution is 2.51.